The molecule has 0 saturated carbocycles. The molecule has 3 rings (SSSR count). The Bertz CT molecular complexity index is 1060. The second kappa shape index (κ2) is 7.97. The largest absolute Gasteiger partial charge is 0.326 e. The molecule has 0 aliphatic rings. The first-order chi connectivity index (χ1) is 12.9. The Balaban J connectivity index is 1.79. The second-order valence-electron chi connectivity index (χ2n) is 5.87. The molecular weight excluding hydrogens is 360 g/mol. The molecule has 0 bridgehead atoms. The van der Waals surface area contributed by atoms with Crippen LogP contribution in [0.25, 0.3) is 0 Å². The molecule has 136 valence electrons. The van der Waals surface area contributed by atoms with Gasteiger partial charge in [0, 0.05) is 18.8 Å². The van der Waals surface area contributed by atoms with Gasteiger partial charge in [0.15, 0.2) is 0 Å². The van der Waals surface area contributed by atoms with Gasteiger partial charge in [0.25, 0.3) is 0 Å². The van der Waals surface area contributed by atoms with Crippen LogP contribution in [0.3, 0.4) is 0 Å². The summed E-state index contributed by atoms with van der Waals surface area (Å²) in [5.74, 6) is -0.211. The van der Waals surface area contributed by atoms with Gasteiger partial charge in [-0.25, -0.2) is 8.42 Å². The van der Waals surface area contributed by atoms with Gasteiger partial charge < -0.3 is 5.32 Å². The molecule has 6 heteroatoms. The third kappa shape index (κ3) is 4.68. The fourth-order valence-electron chi connectivity index (χ4n) is 2.46. The third-order valence-electron chi connectivity index (χ3n) is 3.79. The molecule has 0 atom stereocenters. The molecule has 0 unspecified atom stereocenters. The number of nitrogens with one attached hydrogen (secondary N) is 1. The van der Waals surface area contributed by atoms with Gasteiger partial charge in [-0.1, -0.05) is 30.3 Å². The maximum Gasteiger partial charge on any atom is 0.221 e. The van der Waals surface area contributed by atoms with Crippen LogP contribution in [0, 0.1) is 0 Å². The molecule has 3 aromatic rings. The summed E-state index contributed by atoms with van der Waals surface area (Å²) >= 11 is 0. The Morgan fingerprint density at radius 1 is 0.852 bits per heavy atom. The zero-order valence-electron chi connectivity index (χ0n) is 14.7. The highest BCUT2D eigenvalue weighted by Gasteiger charge is 2.17. The zero-order chi connectivity index (χ0) is 19.3. The van der Waals surface area contributed by atoms with Gasteiger partial charge in [-0.15, -0.1) is 0 Å². The topological polar surface area (TPSA) is 75.6 Å². The van der Waals surface area contributed by atoms with Gasteiger partial charge in [0.2, 0.25) is 15.7 Å². The number of carbonyl (C=O) groups excluding carboxylic acids is 1. The second-order valence-corrected chi connectivity index (χ2v) is 7.82. The van der Waals surface area contributed by atoms with Crippen molar-refractivity contribution in [1.82, 2.24) is 0 Å². The van der Waals surface area contributed by atoms with Crippen molar-refractivity contribution in [1.29, 1.82) is 0 Å². The van der Waals surface area contributed by atoms with Crippen LogP contribution in [-0.4, -0.2) is 20.5 Å². The van der Waals surface area contributed by atoms with Crippen LogP contribution in [0.1, 0.15) is 12.5 Å². The van der Waals surface area contributed by atoms with Crippen molar-refractivity contribution in [3.05, 3.63) is 84.4 Å². The van der Waals surface area contributed by atoms with Crippen LogP contribution in [-0.2, 0) is 14.6 Å². The van der Waals surface area contributed by atoms with Gasteiger partial charge >= 0.3 is 0 Å². The van der Waals surface area contributed by atoms with Gasteiger partial charge in [0.05, 0.1) is 15.5 Å². The van der Waals surface area contributed by atoms with Crippen molar-refractivity contribution in [3.8, 4) is 0 Å². The molecule has 0 aromatic heterocycles. The number of aliphatic imine (C=N–C) groups is 1. The van der Waals surface area contributed by atoms with Gasteiger partial charge in [0.1, 0.15) is 0 Å². The molecule has 0 aliphatic carbocycles. The lowest BCUT2D eigenvalue weighted by Gasteiger charge is -2.07. The zero-order valence-corrected chi connectivity index (χ0v) is 15.5. The number of rotatable bonds is 5. The van der Waals surface area contributed by atoms with Gasteiger partial charge in [-0.05, 0) is 54.1 Å². The Morgan fingerprint density at radius 3 is 1.96 bits per heavy atom. The molecular formula is C21H18N2O3S. The van der Waals surface area contributed by atoms with E-state index in [-0.39, 0.29) is 15.7 Å². The van der Waals surface area contributed by atoms with Crippen LogP contribution in [0.2, 0.25) is 0 Å². The lowest BCUT2D eigenvalue weighted by Crippen LogP contribution is -2.06. The van der Waals surface area contributed by atoms with E-state index in [4.69, 9.17) is 0 Å². The molecule has 1 N–H and O–H groups in total. The predicted molar refractivity (Wildman–Crippen MR) is 106 cm³/mol. The Morgan fingerprint density at radius 2 is 1.41 bits per heavy atom. The SMILES string of the molecule is CC(=O)Nc1ccc(S(=O)(=O)c2ccc(N=Cc3ccccc3)cc2)cc1. The van der Waals surface area contributed by atoms with Crippen molar-refractivity contribution in [2.45, 2.75) is 16.7 Å². The van der Waals surface area contributed by atoms with E-state index in [9.17, 15) is 13.2 Å². The van der Waals surface area contributed by atoms with Crippen molar-refractivity contribution in [2.24, 2.45) is 4.99 Å². The first-order valence-corrected chi connectivity index (χ1v) is 9.75. The summed E-state index contributed by atoms with van der Waals surface area (Å²) in [5, 5.41) is 2.61. The molecule has 0 saturated heterocycles. The minimum Gasteiger partial charge on any atom is -0.326 e. The quantitative estimate of drug-likeness (QED) is 0.675. The maximum atomic E-state index is 12.7. The van der Waals surface area contributed by atoms with E-state index >= 15 is 0 Å². The normalized spacial score (nSPS) is 11.4. The summed E-state index contributed by atoms with van der Waals surface area (Å²) in [6.07, 6.45) is 1.73. The monoisotopic (exact) mass is 378 g/mol. The number of amides is 1. The van der Waals surface area contributed by atoms with E-state index in [1.807, 2.05) is 30.3 Å². The summed E-state index contributed by atoms with van der Waals surface area (Å²) in [4.78, 5) is 15.8. The smallest absolute Gasteiger partial charge is 0.221 e. The average Bonchev–Trinajstić information content (AvgIpc) is 2.67. The number of sulfone groups is 1. The van der Waals surface area contributed by atoms with Crippen molar-refractivity contribution < 1.29 is 13.2 Å². The fraction of sp³-hybridized carbons (Fsp3) is 0.0476. The summed E-state index contributed by atoms with van der Waals surface area (Å²) in [6.45, 7) is 1.40. The van der Waals surface area contributed by atoms with Crippen LogP contribution >= 0.6 is 0 Å². The highest BCUT2D eigenvalue weighted by atomic mass is 32.2. The minimum absolute atomic E-state index is 0.164. The third-order valence-corrected chi connectivity index (χ3v) is 5.58. The molecule has 0 radical (unpaired) electrons. The van der Waals surface area contributed by atoms with E-state index in [0.29, 0.717) is 11.4 Å². The molecule has 5 nitrogen and oxygen atoms in total. The lowest BCUT2D eigenvalue weighted by molar-refractivity contribution is -0.114. The summed E-state index contributed by atoms with van der Waals surface area (Å²) in [7, 11) is -3.63. The molecule has 0 aliphatic heterocycles. The number of benzene rings is 3. The number of carbonyl (C=O) groups is 1. The molecule has 0 fully saturated rings. The Kier molecular flexibility index (Phi) is 5.47. The number of anilines is 1. The molecule has 0 heterocycles. The highest BCUT2D eigenvalue weighted by Crippen LogP contribution is 2.24. The van der Waals surface area contributed by atoms with Crippen LogP contribution < -0.4 is 5.32 Å². The van der Waals surface area contributed by atoms with Crippen molar-refractivity contribution in [2.75, 3.05) is 5.32 Å². The number of hydrogen-bond acceptors (Lipinski definition) is 4. The number of hydrogen-bond donors (Lipinski definition) is 1. The predicted octanol–water partition coefficient (Wildman–Crippen LogP) is 4.23. The van der Waals surface area contributed by atoms with E-state index in [1.54, 1.807) is 30.5 Å². The van der Waals surface area contributed by atoms with Crippen molar-refractivity contribution >= 4 is 33.3 Å². The van der Waals surface area contributed by atoms with Gasteiger partial charge in [-0.3, -0.25) is 9.79 Å². The summed E-state index contributed by atoms with van der Waals surface area (Å²) in [5.41, 5.74) is 2.18. The molecule has 27 heavy (non-hydrogen) atoms. The summed E-state index contributed by atoms with van der Waals surface area (Å²) in [6, 6.07) is 22.1. The highest BCUT2D eigenvalue weighted by molar-refractivity contribution is 7.91. The minimum atomic E-state index is -3.63. The van der Waals surface area contributed by atoms with E-state index in [2.05, 4.69) is 10.3 Å². The Hall–Kier alpha value is -3.25. The summed E-state index contributed by atoms with van der Waals surface area (Å²) < 4.78 is 25.5. The fourth-order valence-corrected chi connectivity index (χ4v) is 3.72. The standard InChI is InChI=1S/C21H18N2O3S/c1-16(24)23-19-9-13-21(14-10-19)27(25,26)20-11-7-18(8-12-20)22-15-17-5-3-2-4-6-17/h2-15H,1H3,(H,23,24). The van der Waals surface area contributed by atoms with Crippen LogP contribution in [0.15, 0.2) is 93.6 Å². The molecule has 1 amide bonds. The maximum absolute atomic E-state index is 12.7. The van der Waals surface area contributed by atoms with Gasteiger partial charge in [-0.2, -0.15) is 0 Å². The molecule has 0 spiro atoms. The Labute approximate surface area is 158 Å². The van der Waals surface area contributed by atoms with Crippen LogP contribution in [0.4, 0.5) is 11.4 Å². The lowest BCUT2D eigenvalue weighted by atomic mass is 10.2. The average molecular weight is 378 g/mol. The van der Waals surface area contributed by atoms with E-state index < -0.39 is 9.84 Å². The number of nitrogens with zero attached hydrogens (tertiary/aromatic N) is 1. The molecule has 3 aromatic carbocycles. The first kappa shape index (κ1) is 18.5. The van der Waals surface area contributed by atoms with Crippen molar-refractivity contribution in [3.63, 3.8) is 0 Å². The first-order valence-electron chi connectivity index (χ1n) is 8.27. The van der Waals surface area contributed by atoms with E-state index in [0.717, 1.165) is 5.56 Å². The van der Waals surface area contributed by atoms with E-state index in [1.165, 1.54) is 31.2 Å². The van der Waals surface area contributed by atoms with Crippen LogP contribution in [0.5, 0.6) is 0 Å².